The van der Waals surface area contributed by atoms with Crippen LogP contribution in [0.5, 0.6) is 0 Å². The Morgan fingerprint density at radius 3 is 2.60 bits per heavy atom. The van der Waals surface area contributed by atoms with Gasteiger partial charge in [0.2, 0.25) is 0 Å². The maximum atomic E-state index is 13.2. The largest absolute Gasteiger partial charge is 0.465 e. The molecule has 0 radical (unpaired) electrons. The normalized spacial score (nSPS) is 11.3. The molecule has 0 aliphatic heterocycles. The van der Waals surface area contributed by atoms with Gasteiger partial charge < -0.3 is 4.74 Å². The Bertz CT molecular complexity index is 768. The zero-order valence-corrected chi connectivity index (χ0v) is 12.5. The second kappa shape index (κ2) is 5.51. The van der Waals surface area contributed by atoms with Crippen molar-refractivity contribution < 1.29 is 22.3 Å². The fraction of sp³-hybridized carbons (Fsp3) is 0.0833. The summed E-state index contributed by atoms with van der Waals surface area (Å²) in [6, 6.07) is 6.81. The Morgan fingerprint density at radius 1 is 1.35 bits per heavy atom. The Labute approximate surface area is 123 Å². The molecule has 0 amide bonds. The summed E-state index contributed by atoms with van der Waals surface area (Å²) >= 11 is 0.876. The van der Waals surface area contributed by atoms with Crippen LogP contribution in [0.1, 0.15) is 9.67 Å². The van der Waals surface area contributed by atoms with Crippen molar-refractivity contribution in [3.63, 3.8) is 0 Å². The van der Waals surface area contributed by atoms with Gasteiger partial charge >= 0.3 is 5.97 Å². The molecule has 0 bridgehead atoms. The quantitative estimate of drug-likeness (QED) is 0.638. The van der Waals surface area contributed by atoms with Crippen LogP contribution in [0.15, 0.2) is 35.2 Å². The van der Waals surface area contributed by atoms with E-state index < -0.39 is 20.8 Å². The van der Waals surface area contributed by atoms with Gasteiger partial charge in [-0.2, -0.15) is 0 Å². The minimum absolute atomic E-state index is 0.137. The predicted octanol–water partition coefficient (Wildman–Crippen LogP) is 3.27. The molecule has 20 heavy (non-hydrogen) atoms. The third kappa shape index (κ3) is 3.00. The molecule has 2 rings (SSSR count). The number of halogens is 2. The molecular weight excluding hydrogens is 327 g/mol. The predicted molar refractivity (Wildman–Crippen MR) is 74.1 cm³/mol. The molecule has 0 aliphatic rings. The lowest BCUT2D eigenvalue weighted by Crippen LogP contribution is -2.03. The first-order chi connectivity index (χ1) is 9.32. The Morgan fingerprint density at radius 2 is 2.05 bits per heavy atom. The van der Waals surface area contributed by atoms with Crippen LogP contribution in [-0.4, -0.2) is 21.5 Å². The fourth-order valence-electron chi connectivity index (χ4n) is 1.57. The van der Waals surface area contributed by atoms with Crippen LogP contribution in [0.4, 0.5) is 4.39 Å². The third-order valence-electron chi connectivity index (χ3n) is 2.44. The third-order valence-corrected chi connectivity index (χ3v) is 5.08. The van der Waals surface area contributed by atoms with Gasteiger partial charge in [-0.3, -0.25) is 0 Å². The molecule has 0 spiro atoms. The Balaban J connectivity index is 2.63. The molecule has 2 aromatic rings. The highest BCUT2D eigenvalue weighted by molar-refractivity contribution is 8.13. The van der Waals surface area contributed by atoms with E-state index in [9.17, 15) is 17.6 Å². The summed E-state index contributed by atoms with van der Waals surface area (Å²) in [6.07, 6.45) is 0. The van der Waals surface area contributed by atoms with Crippen LogP contribution in [0, 0.1) is 5.82 Å². The van der Waals surface area contributed by atoms with E-state index in [-0.39, 0.29) is 9.77 Å². The first-order valence-corrected chi connectivity index (χ1v) is 8.38. The van der Waals surface area contributed by atoms with E-state index in [1.54, 1.807) is 6.07 Å². The SMILES string of the molecule is COC(=O)c1sc(-c2cccc(F)c2)cc1S(=O)(=O)Cl. The summed E-state index contributed by atoms with van der Waals surface area (Å²) in [5.74, 6) is -1.28. The first kappa shape index (κ1) is 15.0. The molecule has 0 saturated carbocycles. The molecule has 0 N–H and O–H groups in total. The van der Waals surface area contributed by atoms with Crippen LogP contribution in [-0.2, 0) is 13.8 Å². The molecule has 1 aromatic carbocycles. The van der Waals surface area contributed by atoms with Gasteiger partial charge in [-0.25, -0.2) is 17.6 Å². The van der Waals surface area contributed by atoms with Crippen molar-refractivity contribution in [1.82, 2.24) is 0 Å². The van der Waals surface area contributed by atoms with Gasteiger partial charge in [0.15, 0.2) is 0 Å². The maximum Gasteiger partial charge on any atom is 0.349 e. The van der Waals surface area contributed by atoms with Crippen molar-refractivity contribution in [2.75, 3.05) is 7.11 Å². The van der Waals surface area contributed by atoms with Crippen molar-refractivity contribution in [3.05, 3.63) is 41.0 Å². The van der Waals surface area contributed by atoms with Gasteiger partial charge in [-0.1, -0.05) is 12.1 Å². The van der Waals surface area contributed by atoms with Crippen LogP contribution in [0.2, 0.25) is 0 Å². The van der Waals surface area contributed by atoms with Gasteiger partial charge in [-0.05, 0) is 23.8 Å². The average Bonchev–Trinajstić information content (AvgIpc) is 2.82. The number of carbonyl (C=O) groups is 1. The number of esters is 1. The Hall–Kier alpha value is -1.44. The second-order valence-electron chi connectivity index (χ2n) is 3.74. The number of benzene rings is 1. The number of carbonyl (C=O) groups excluding carboxylic acids is 1. The topological polar surface area (TPSA) is 60.4 Å². The van der Waals surface area contributed by atoms with E-state index in [2.05, 4.69) is 4.74 Å². The summed E-state index contributed by atoms with van der Waals surface area (Å²) in [7, 11) is 2.33. The summed E-state index contributed by atoms with van der Waals surface area (Å²) in [5, 5.41) is 0. The van der Waals surface area contributed by atoms with E-state index in [4.69, 9.17) is 10.7 Å². The van der Waals surface area contributed by atoms with Gasteiger partial charge in [0.05, 0.1) is 7.11 Å². The molecule has 106 valence electrons. The van der Waals surface area contributed by atoms with E-state index in [0.717, 1.165) is 18.4 Å². The molecule has 1 aromatic heterocycles. The van der Waals surface area contributed by atoms with Gasteiger partial charge in [0.25, 0.3) is 9.05 Å². The molecule has 0 saturated heterocycles. The number of ether oxygens (including phenoxy) is 1. The Kier molecular flexibility index (Phi) is 4.12. The standard InChI is InChI=1S/C12H8ClFO4S2/c1-18-12(15)11-10(20(13,16)17)6-9(19-11)7-3-2-4-8(14)5-7/h2-6H,1H3. The van der Waals surface area contributed by atoms with Crippen LogP contribution in [0.25, 0.3) is 10.4 Å². The highest BCUT2D eigenvalue weighted by atomic mass is 35.7. The maximum absolute atomic E-state index is 13.2. The van der Waals surface area contributed by atoms with Crippen molar-refractivity contribution in [2.24, 2.45) is 0 Å². The van der Waals surface area contributed by atoms with Crippen molar-refractivity contribution in [1.29, 1.82) is 0 Å². The van der Waals surface area contributed by atoms with Gasteiger partial charge in [0, 0.05) is 15.6 Å². The monoisotopic (exact) mass is 334 g/mol. The lowest BCUT2D eigenvalue weighted by Gasteiger charge is -1.97. The molecule has 0 atom stereocenters. The zero-order valence-electron chi connectivity index (χ0n) is 10.1. The molecule has 8 heteroatoms. The summed E-state index contributed by atoms with van der Waals surface area (Å²) < 4.78 is 40.7. The summed E-state index contributed by atoms with van der Waals surface area (Å²) in [6.45, 7) is 0. The molecule has 1 heterocycles. The van der Waals surface area contributed by atoms with Crippen molar-refractivity contribution in [3.8, 4) is 10.4 Å². The molecule has 0 fully saturated rings. The minimum Gasteiger partial charge on any atom is -0.465 e. The van der Waals surface area contributed by atoms with E-state index in [0.29, 0.717) is 10.4 Å². The molecule has 0 unspecified atom stereocenters. The number of hydrogen-bond donors (Lipinski definition) is 0. The second-order valence-corrected chi connectivity index (χ2v) is 7.33. The van der Waals surface area contributed by atoms with Crippen molar-refractivity contribution >= 4 is 37.0 Å². The minimum atomic E-state index is -4.10. The van der Waals surface area contributed by atoms with Crippen LogP contribution >= 0.6 is 22.0 Å². The zero-order chi connectivity index (χ0) is 14.9. The number of rotatable bonds is 3. The van der Waals surface area contributed by atoms with E-state index in [1.165, 1.54) is 24.3 Å². The van der Waals surface area contributed by atoms with Gasteiger partial charge in [0.1, 0.15) is 15.6 Å². The summed E-state index contributed by atoms with van der Waals surface area (Å²) in [4.78, 5) is 11.5. The molecule has 0 aliphatic carbocycles. The average molecular weight is 335 g/mol. The number of methoxy groups -OCH3 is 1. The molecule has 4 nitrogen and oxygen atoms in total. The smallest absolute Gasteiger partial charge is 0.349 e. The van der Waals surface area contributed by atoms with Crippen LogP contribution < -0.4 is 0 Å². The van der Waals surface area contributed by atoms with E-state index in [1.807, 2.05) is 0 Å². The highest BCUT2D eigenvalue weighted by Crippen LogP contribution is 2.36. The lowest BCUT2D eigenvalue weighted by atomic mass is 10.2. The summed E-state index contributed by atoms with van der Waals surface area (Å²) in [5.41, 5.74) is 0.451. The lowest BCUT2D eigenvalue weighted by molar-refractivity contribution is 0.0602. The molecular formula is C12H8ClFO4S2. The number of hydrogen-bond acceptors (Lipinski definition) is 5. The fourth-order valence-corrected chi connectivity index (χ4v) is 4.14. The van der Waals surface area contributed by atoms with Gasteiger partial charge in [-0.15, -0.1) is 11.3 Å². The van der Waals surface area contributed by atoms with Crippen molar-refractivity contribution in [2.45, 2.75) is 4.90 Å². The van der Waals surface area contributed by atoms with Crippen LogP contribution in [0.3, 0.4) is 0 Å². The number of thiophene rings is 1. The van der Waals surface area contributed by atoms with E-state index >= 15 is 0 Å². The first-order valence-electron chi connectivity index (χ1n) is 5.25. The highest BCUT2D eigenvalue weighted by Gasteiger charge is 2.25.